The van der Waals surface area contributed by atoms with Gasteiger partial charge >= 0.3 is 0 Å². The van der Waals surface area contributed by atoms with Gasteiger partial charge in [-0.1, -0.05) is 19.1 Å². The van der Waals surface area contributed by atoms with Gasteiger partial charge in [0.1, 0.15) is 5.75 Å². The topological polar surface area (TPSA) is 104 Å². The number of benzene rings is 1. The van der Waals surface area contributed by atoms with Crippen molar-refractivity contribution in [2.75, 3.05) is 13.1 Å². The second kappa shape index (κ2) is 8.97. The van der Waals surface area contributed by atoms with Crippen molar-refractivity contribution in [1.29, 1.82) is 0 Å². The zero-order chi connectivity index (χ0) is 15.7. The zero-order valence-electron chi connectivity index (χ0n) is 12.3. The number of phenolic OH excluding ortho intramolecular Hbond substituents is 1. The highest BCUT2D eigenvalue weighted by Gasteiger charge is 2.14. The van der Waals surface area contributed by atoms with Crippen LogP contribution < -0.4 is 16.4 Å². The number of nitrogens with two attached hydrogens (primary N) is 1. The third-order valence-corrected chi connectivity index (χ3v) is 2.95. The number of hydrogen-bond donors (Lipinski definition) is 4. The molecular weight excluding hydrogens is 270 g/mol. The van der Waals surface area contributed by atoms with Crippen LogP contribution in [0.4, 0.5) is 0 Å². The standard InChI is InChI=1S/C15H23N3O3/c1-2-8-17-14(20)7-9-18-15(21)13(16)10-11-3-5-12(19)6-4-11/h3-6,13,19H,2,7-10,16H2,1H3,(H,17,20)(H,18,21)/t13-/m1/s1. The normalized spacial score (nSPS) is 11.7. The molecule has 1 rings (SSSR count). The molecule has 0 spiro atoms. The molecule has 0 unspecified atom stereocenters. The Hall–Kier alpha value is -2.08. The summed E-state index contributed by atoms with van der Waals surface area (Å²) in [6.45, 7) is 2.90. The van der Waals surface area contributed by atoms with Crippen molar-refractivity contribution in [3.8, 4) is 5.75 Å². The van der Waals surface area contributed by atoms with Gasteiger partial charge in [0, 0.05) is 19.5 Å². The smallest absolute Gasteiger partial charge is 0.237 e. The van der Waals surface area contributed by atoms with Gasteiger partial charge in [0.25, 0.3) is 0 Å². The largest absolute Gasteiger partial charge is 0.508 e. The highest BCUT2D eigenvalue weighted by Crippen LogP contribution is 2.10. The molecule has 5 N–H and O–H groups in total. The van der Waals surface area contributed by atoms with Crippen LogP contribution in [0.5, 0.6) is 5.75 Å². The molecular formula is C15H23N3O3. The number of amides is 2. The van der Waals surface area contributed by atoms with Gasteiger partial charge in [-0.3, -0.25) is 9.59 Å². The molecule has 0 saturated carbocycles. The summed E-state index contributed by atoms with van der Waals surface area (Å²) in [6.07, 6.45) is 1.52. The minimum Gasteiger partial charge on any atom is -0.508 e. The fraction of sp³-hybridized carbons (Fsp3) is 0.467. The predicted molar refractivity (Wildman–Crippen MR) is 80.7 cm³/mol. The predicted octanol–water partition coefficient (Wildman–Crippen LogP) is 0.295. The van der Waals surface area contributed by atoms with Crippen molar-refractivity contribution >= 4 is 11.8 Å². The maximum atomic E-state index is 11.8. The quantitative estimate of drug-likeness (QED) is 0.553. The first-order chi connectivity index (χ1) is 10.0. The Labute approximate surface area is 124 Å². The van der Waals surface area contributed by atoms with E-state index in [1.54, 1.807) is 24.3 Å². The summed E-state index contributed by atoms with van der Waals surface area (Å²) in [6, 6.07) is 5.88. The number of aromatic hydroxyl groups is 1. The molecule has 116 valence electrons. The second-order valence-electron chi connectivity index (χ2n) is 4.87. The van der Waals surface area contributed by atoms with Crippen LogP contribution in [-0.4, -0.2) is 36.1 Å². The third-order valence-electron chi connectivity index (χ3n) is 2.95. The molecule has 0 aliphatic rings. The Kier molecular flexibility index (Phi) is 7.25. The number of carbonyl (C=O) groups excluding carboxylic acids is 2. The van der Waals surface area contributed by atoms with Crippen molar-refractivity contribution < 1.29 is 14.7 Å². The minimum absolute atomic E-state index is 0.0794. The van der Waals surface area contributed by atoms with E-state index in [4.69, 9.17) is 5.73 Å². The first-order valence-electron chi connectivity index (χ1n) is 7.10. The van der Waals surface area contributed by atoms with Gasteiger partial charge in [-0.15, -0.1) is 0 Å². The number of carbonyl (C=O) groups is 2. The van der Waals surface area contributed by atoms with E-state index in [0.717, 1.165) is 12.0 Å². The molecule has 6 heteroatoms. The van der Waals surface area contributed by atoms with Crippen LogP contribution in [0, 0.1) is 0 Å². The number of hydrogen-bond acceptors (Lipinski definition) is 4. The number of nitrogens with one attached hydrogen (secondary N) is 2. The van der Waals surface area contributed by atoms with E-state index in [1.807, 2.05) is 6.92 Å². The average Bonchev–Trinajstić information content (AvgIpc) is 2.47. The van der Waals surface area contributed by atoms with E-state index in [9.17, 15) is 14.7 Å². The monoisotopic (exact) mass is 293 g/mol. The molecule has 0 saturated heterocycles. The van der Waals surface area contributed by atoms with Crippen LogP contribution in [0.15, 0.2) is 24.3 Å². The summed E-state index contributed by atoms with van der Waals surface area (Å²) in [5, 5.41) is 14.6. The Balaban J connectivity index is 2.28. The van der Waals surface area contributed by atoms with Crippen molar-refractivity contribution in [2.45, 2.75) is 32.2 Å². The molecule has 1 aromatic rings. The molecule has 1 atom stereocenters. The lowest BCUT2D eigenvalue weighted by Gasteiger charge is -2.12. The van der Waals surface area contributed by atoms with E-state index in [0.29, 0.717) is 13.0 Å². The first kappa shape index (κ1) is 17.0. The summed E-state index contributed by atoms with van der Waals surface area (Å²) in [4.78, 5) is 23.2. The molecule has 0 aromatic heterocycles. The lowest BCUT2D eigenvalue weighted by Crippen LogP contribution is -2.43. The lowest BCUT2D eigenvalue weighted by atomic mass is 10.1. The van der Waals surface area contributed by atoms with Crippen LogP contribution in [0.2, 0.25) is 0 Å². The van der Waals surface area contributed by atoms with Gasteiger partial charge in [-0.25, -0.2) is 0 Å². The van der Waals surface area contributed by atoms with Crippen LogP contribution in [0.25, 0.3) is 0 Å². The highest BCUT2D eigenvalue weighted by atomic mass is 16.3. The zero-order valence-corrected chi connectivity index (χ0v) is 12.3. The molecule has 0 fully saturated rings. The summed E-state index contributed by atoms with van der Waals surface area (Å²) in [7, 11) is 0. The summed E-state index contributed by atoms with van der Waals surface area (Å²) in [5.74, 6) is -0.189. The van der Waals surface area contributed by atoms with Gasteiger partial charge in [0.05, 0.1) is 6.04 Å². The molecule has 21 heavy (non-hydrogen) atoms. The van der Waals surface area contributed by atoms with E-state index < -0.39 is 6.04 Å². The van der Waals surface area contributed by atoms with E-state index >= 15 is 0 Å². The fourth-order valence-corrected chi connectivity index (χ4v) is 1.76. The summed E-state index contributed by atoms with van der Waals surface area (Å²) >= 11 is 0. The van der Waals surface area contributed by atoms with E-state index in [1.165, 1.54) is 0 Å². The maximum absolute atomic E-state index is 11.8. The van der Waals surface area contributed by atoms with Crippen molar-refractivity contribution in [3.05, 3.63) is 29.8 Å². The molecule has 1 aromatic carbocycles. The molecule has 0 bridgehead atoms. The molecule has 6 nitrogen and oxygen atoms in total. The Morgan fingerprint density at radius 2 is 1.86 bits per heavy atom. The van der Waals surface area contributed by atoms with Gasteiger partial charge in [-0.2, -0.15) is 0 Å². The highest BCUT2D eigenvalue weighted by molar-refractivity contribution is 5.82. The number of phenols is 1. The molecule has 0 radical (unpaired) electrons. The Morgan fingerprint density at radius 1 is 1.19 bits per heavy atom. The SMILES string of the molecule is CCCNC(=O)CCNC(=O)[C@H](N)Cc1ccc(O)cc1. The fourth-order valence-electron chi connectivity index (χ4n) is 1.76. The van der Waals surface area contributed by atoms with Gasteiger partial charge in [0.15, 0.2) is 0 Å². The first-order valence-corrected chi connectivity index (χ1v) is 7.10. The lowest BCUT2D eigenvalue weighted by molar-refractivity contribution is -0.123. The summed E-state index contributed by atoms with van der Waals surface area (Å²) < 4.78 is 0. The molecule has 2 amide bonds. The number of rotatable bonds is 8. The summed E-state index contributed by atoms with van der Waals surface area (Å²) in [5.41, 5.74) is 6.68. The van der Waals surface area contributed by atoms with E-state index in [2.05, 4.69) is 10.6 Å². The van der Waals surface area contributed by atoms with Crippen LogP contribution in [-0.2, 0) is 16.0 Å². The van der Waals surface area contributed by atoms with Crippen molar-refractivity contribution in [3.63, 3.8) is 0 Å². The van der Waals surface area contributed by atoms with Crippen molar-refractivity contribution in [2.24, 2.45) is 5.73 Å². The van der Waals surface area contributed by atoms with Gasteiger partial charge < -0.3 is 21.5 Å². The van der Waals surface area contributed by atoms with Crippen molar-refractivity contribution in [1.82, 2.24) is 10.6 Å². The second-order valence-corrected chi connectivity index (χ2v) is 4.87. The van der Waals surface area contributed by atoms with Crippen LogP contribution in [0.3, 0.4) is 0 Å². The average molecular weight is 293 g/mol. The molecule has 0 aliphatic heterocycles. The van der Waals surface area contributed by atoms with Crippen LogP contribution in [0.1, 0.15) is 25.3 Å². The van der Waals surface area contributed by atoms with E-state index in [-0.39, 0.29) is 30.5 Å². The minimum atomic E-state index is -0.673. The molecule has 0 aliphatic carbocycles. The maximum Gasteiger partial charge on any atom is 0.237 e. The third kappa shape index (κ3) is 6.76. The van der Waals surface area contributed by atoms with Gasteiger partial charge in [0.2, 0.25) is 11.8 Å². The van der Waals surface area contributed by atoms with Gasteiger partial charge in [-0.05, 0) is 30.5 Å². The Bertz CT molecular complexity index is 460. The van der Waals surface area contributed by atoms with Crippen LogP contribution >= 0.6 is 0 Å². The molecule has 0 heterocycles. The Morgan fingerprint density at radius 3 is 2.48 bits per heavy atom.